The molecule has 3 aromatic carbocycles. The van der Waals surface area contributed by atoms with Gasteiger partial charge in [-0.2, -0.15) is 4.31 Å². The number of hydrogen-bond donors (Lipinski definition) is 1. The highest BCUT2D eigenvalue weighted by Gasteiger charge is 2.32. The molecule has 2 amide bonds. The molecule has 0 aliphatic rings. The lowest BCUT2D eigenvalue weighted by atomic mass is 10.0. The van der Waals surface area contributed by atoms with Crippen LogP contribution in [0.3, 0.4) is 0 Å². The maximum absolute atomic E-state index is 14.0. The van der Waals surface area contributed by atoms with Gasteiger partial charge in [-0.3, -0.25) is 9.59 Å². The number of hydrogen-bond acceptors (Lipinski definition) is 4. The van der Waals surface area contributed by atoms with Gasteiger partial charge in [0, 0.05) is 31.1 Å². The van der Waals surface area contributed by atoms with Crippen molar-refractivity contribution in [2.75, 3.05) is 19.3 Å². The first kappa shape index (κ1) is 31.3. The van der Waals surface area contributed by atoms with Crippen molar-refractivity contribution in [1.82, 2.24) is 14.5 Å². The first-order chi connectivity index (χ1) is 19.0. The maximum Gasteiger partial charge on any atom is 0.243 e. The molecule has 3 rings (SSSR count). The highest BCUT2D eigenvalue weighted by Crippen LogP contribution is 2.18. The second kappa shape index (κ2) is 15.0. The minimum atomic E-state index is -3.73. The van der Waals surface area contributed by atoms with Crippen LogP contribution in [0.2, 0.25) is 5.02 Å². The Kier molecular flexibility index (Phi) is 11.7. The van der Waals surface area contributed by atoms with E-state index in [-0.39, 0.29) is 25.4 Å². The number of rotatable bonds is 14. The predicted octanol–water partition coefficient (Wildman–Crippen LogP) is 4.90. The highest BCUT2D eigenvalue weighted by molar-refractivity contribution is 7.88. The summed E-state index contributed by atoms with van der Waals surface area (Å²) >= 11 is 6.09. The lowest BCUT2D eigenvalue weighted by Crippen LogP contribution is -2.53. The minimum absolute atomic E-state index is 0.0458. The molecule has 0 radical (unpaired) electrons. The van der Waals surface area contributed by atoms with Gasteiger partial charge in [-0.25, -0.2) is 8.42 Å². The summed E-state index contributed by atoms with van der Waals surface area (Å²) in [6.07, 6.45) is 2.17. The van der Waals surface area contributed by atoms with Gasteiger partial charge in [0.2, 0.25) is 21.8 Å². The zero-order valence-corrected chi connectivity index (χ0v) is 24.9. The quantitative estimate of drug-likeness (QED) is 0.292. The fraction of sp³-hybridized carbons (Fsp3) is 0.355. The van der Waals surface area contributed by atoms with Crippen LogP contribution in [0.5, 0.6) is 0 Å². The van der Waals surface area contributed by atoms with Gasteiger partial charge in [-0.15, -0.1) is 0 Å². The summed E-state index contributed by atoms with van der Waals surface area (Å²) in [7, 11) is -3.73. The molecule has 0 saturated carbocycles. The zero-order chi connectivity index (χ0) is 29.1. The van der Waals surface area contributed by atoms with E-state index in [1.54, 1.807) is 24.3 Å². The number of carbonyl (C=O) groups is 2. The number of nitrogens with one attached hydrogen (secondary N) is 1. The number of benzene rings is 3. The molecule has 0 heterocycles. The Morgan fingerprint density at radius 3 is 1.93 bits per heavy atom. The van der Waals surface area contributed by atoms with Gasteiger partial charge in [-0.05, 0) is 41.2 Å². The van der Waals surface area contributed by atoms with Gasteiger partial charge < -0.3 is 10.2 Å². The van der Waals surface area contributed by atoms with E-state index in [1.165, 1.54) is 4.90 Å². The Hall–Kier alpha value is -3.20. The molecule has 0 saturated heterocycles. The Morgan fingerprint density at radius 1 is 0.825 bits per heavy atom. The molecular weight excluding hydrogens is 546 g/mol. The van der Waals surface area contributed by atoms with Crippen molar-refractivity contribution in [2.45, 2.75) is 45.8 Å². The molecule has 1 atom stereocenters. The predicted molar refractivity (Wildman–Crippen MR) is 160 cm³/mol. The summed E-state index contributed by atoms with van der Waals surface area (Å²) in [6.45, 7) is 4.41. The third-order valence-corrected chi connectivity index (χ3v) is 7.99. The van der Waals surface area contributed by atoms with Gasteiger partial charge in [0.25, 0.3) is 0 Å². The molecule has 1 N–H and O–H groups in total. The van der Waals surface area contributed by atoms with Crippen molar-refractivity contribution in [3.63, 3.8) is 0 Å². The van der Waals surface area contributed by atoms with E-state index in [2.05, 4.69) is 19.2 Å². The fourth-order valence-corrected chi connectivity index (χ4v) is 5.12. The number of halogens is 1. The molecule has 0 aromatic heterocycles. The summed E-state index contributed by atoms with van der Waals surface area (Å²) in [5.74, 6) is -0.335. The Balaban J connectivity index is 1.97. The largest absolute Gasteiger partial charge is 0.354 e. The van der Waals surface area contributed by atoms with Crippen LogP contribution >= 0.6 is 11.6 Å². The van der Waals surface area contributed by atoms with E-state index in [1.807, 2.05) is 60.7 Å². The Bertz CT molecular complexity index is 1330. The molecular formula is C31H38ClN3O4S. The summed E-state index contributed by atoms with van der Waals surface area (Å²) in [6, 6.07) is 24.8. The lowest BCUT2D eigenvalue weighted by molar-refractivity contribution is -0.141. The molecule has 0 aliphatic carbocycles. The molecule has 0 fully saturated rings. The zero-order valence-electron chi connectivity index (χ0n) is 23.3. The Labute approximate surface area is 243 Å². The maximum atomic E-state index is 14.0. The molecule has 214 valence electrons. The minimum Gasteiger partial charge on any atom is -0.354 e. The summed E-state index contributed by atoms with van der Waals surface area (Å²) in [5, 5.41) is 3.56. The third-order valence-electron chi connectivity index (χ3n) is 6.54. The monoisotopic (exact) mass is 583 g/mol. The normalized spacial score (nSPS) is 12.3. The van der Waals surface area contributed by atoms with Crippen molar-refractivity contribution in [3.05, 3.63) is 107 Å². The Morgan fingerprint density at radius 2 is 1.38 bits per heavy atom. The van der Waals surface area contributed by atoms with Gasteiger partial charge in [-0.1, -0.05) is 98.2 Å². The van der Waals surface area contributed by atoms with Crippen LogP contribution in [0.1, 0.15) is 37.0 Å². The van der Waals surface area contributed by atoms with Crippen molar-refractivity contribution < 1.29 is 18.0 Å². The smallest absolute Gasteiger partial charge is 0.243 e. The van der Waals surface area contributed by atoms with Crippen LogP contribution in [-0.4, -0.2) is 54.8 Å². The first-order valence-corrected chi connectivity index (χ1v) is 15.6. The molecule has 0 aliphatic heterocycles. The van der Waals surface area contributed by atoms with Gasteiger partial charge >= 0.3 is 0 Å². The van der Waals surface area contributed by atoms with Crippen LogP contribution in [0.4, 0.5) is 0 Å². The molecule has 3 aromatic rings. The van der Waals surface area contributed by atoms with Crippen LogP contribution in [0.25, 0.3) is 0 Å². The van der Waals surface area contributed by atoms with E-state index in [4.69, 9.17) is 11.6 Å². The van der Waals surface area contributed by atoms with E-state index in [9.17, 15) is 18.0 Å². The molecule has 0 unspecified atom stereocenters. The molecule has 40 heavy (non-hydrogen) atoms. The van der Waals surface area contributed by atoms with E-state index < -0.39 is 28.5 Å². The van der Waals surface area contributed by atoms with E-state index in [0.717, 1.165) is 33.7 Å². The molecule has 0 spiro atoms. The number of carbonyl (C=O) groups excluding carboxylic acids is 2. The molecule has 7 nitrogen and oxygen atoms in total. The van der Waals surface area contributed by atoms with Crippen molar-refractivity contribution in [1.29, 1.82) is 0 Å². The van der Waals surface area contributed by atoms with Crippen molar-refractivity contribution in [2.24, 2.45) is 5.92 Å². The molecule has 0 bridgehead atoms. The second-order valence-electron chi connectivity index (χ2n) is 10.3. The van der Waals surface area contributed by atoms with Crippen LogP contribution in [0.15, 0.2) is 84.9 Å². The van der Waals surface area contributed by atoms with Gasteiger partial charge in [0.15, 0.2) is 0 Å². The standard InChI is InChI=1S/C31H38ClN3O4S/c1-24(2)18-19-33-31(37)29(20-25-10-6-4-7-11-25)35(22-27-14-16-28(32)17-15-27)30(36)23-34(40(3,38)39)21-26-12-8-5-9-13-26/h4-17,24,29H,18-23H2,1-3H3,(H,33,37)/t29-/m0/s1. The number of nitrogens with zero attached hydrogens (tertiary/aromatic N) is 2. The average molecular weight is 584 g/mol. The summed E-state index contributed by atoms with van der Waals surface area (Å²) < 4.78 is 26.7. The van der Waals surface area contributed by atoms with Crippen LogP contribution in [-0.2, 0) is 39.1 Å². The first-order valence-electron chi connectivity index (χ1n) is 13.4. The molecule has 9 heteroatoms. The number of amides is 2. The third kappa shape index (κ3) is 10.1. The summed E-state index contributed by atoms with van der Waals surface area (Å²) in [5.41, 5.74) is 2.43. The lowest BCUT2D eigenvalue weighted by Gasteiger charge is -2.33. The van der Waals surface area contributed by atoms with Crippen LogP contribution < -0.4 is 5.32 Å². The van der Waals surface area contributed by atoms with Crippen molar-refractivity contribution in [3.8, 4) is 0 Å². The van der Waals surface area contributed by atoms with E-state index >= 15 is 0 Å². The number of sulfonamides is 1. The average Bonchev–Trinajstić information content (AvgIpc) is 2.91. The topological polar surface area (TPSA) is 86.8 Å². The van der Waals surface area contributed by atoms with Crippen LogP contribution in [0, 0.1) is 5.92 Å². The van der Waals surface area contributed by atoms with Gasteiger partial charge in [0.1, 0.15) is 6.04 Å². The van der Waals surface area contributed by atoms with Gasteiger partial charge in [0.05, 0.1) is 12.8 Å². The highest BCUT2D eigenvalue weighted by atomic mass is 35.5. The SMILES string of the molecule is CC(C)CCNC(=O)[C@H](Cc1ccccc1)N(Cc1ccc(Cl)cc1)C(=O)CN(Cc1ccccc1)S(C)(=O)=O. The fourth-order valence-electron chi connectivity index (χ4n) is 4.26. The van der Waals surface area contributed by atoms with Crippen molar-refractivity contribution >= 4 is 33.4 Å². The van der Waals surface area contributed by atoms with E-state index in [0.29, 0.717) is 17.5 Å². The summed E-state index contributed by atoms with van der Waals surface area (Å²) in [4.78, 5) is 29.1. The second-order valence-corrected chi connectivity index (χ2v) is 12.8.